The molecule has 1 saturated heterocycles. The van der Waals surface area contributed by atoms with Crippen molar-refractivity contribution in [3.8, 4) is 0 Å². The van der Waals surface area contributed by atoms with E-state index in [9.17, 15) is 15.0 Å². The average Bonchev–Trinajstić information content (AvgIpc) is 3.12. The quantitative estimate of drug-likeness (QED) is 0.486. The van der Waals surface area contributed by atoms with Gasteiger partial charge in [0.2, 0.25) is 0 Å². The van der Waals surface area contributed by atoms with Crippen LogP contribution in [0.3, 0.4) is 0 Å². The molecule has 0 spiro atoms. The lowest BCUT2D eigenvalue weighted by molar-refractivity contribution is -0.168. The molecule has 2 aromatic rings. The topological polar surface area (TPSA) is 169 Å². The molecule has 0 aromatic carbocycles. The Balaban J connectivity index is 1.77. The van der Waals surface area contributed by atoms with Gasteiger partial charge in [-0.15, -0.1) is 0 Å². The number of ether oxygens (including phenoxy) is 1. The molecule has 0 radical (unpaired) electrons. The van der Waals surface area contributed by atoms with E-state index in [0.717, 1.165) is 0 Å². The molecule has 25 heavy (non-hydrogen) atoms. The van der Waals surface area contributed by atoms with Crippen LogP contribution in [-0.4, -0.2) is 77.5 Å². The smallest absolute Gasteiger partial charge is 0.431 e. The zero-order valence-corrected chi connectivity index (χ0v) is 13.3. The van der Waals surface area contributed by atoms with Gasteiger partial charge in [-0.1, -0.05) is 0 Å². The van der Waals surface area contributed by atoms with Crippen LogP contribution < -0.4 is 5.73 Å². The van der Waals surface area contributed by atoms with E-state index in [0.29, 0.717) is 16.2 Å². The molecule has 1 aliphatic heterocycles. The van der Waals surface area contributed by atoms with Gasteiger partial charge in [-0.3, -0.25) is 9.40 Å². The van der Waals surface area contributed by atoms with Crippen LogP contribution in [0.1, 0.15) is 13.2 Å². The molecular weight excluding hydrogens is 336 g/mol. The molecule has 136 valence electrons. The van der Waals surface area contributed by atoms with Crippen molar-refractivity contribution < 1.29 is 29.7 Å². The lowest BCUT2D eigenvalue weighted by Crippen LogP contribution is -2.38. The molecule has 0 saturated carbocycles. The summed E-state index contributed by atoms with van der Waals surface area (Å²) < 4.78 is 7.06. The summed E-state index contributed by atoms with van der Waals surface area (Å²) in [7, 11) is 0. The Morgan fingerprint density at radius 3 is 2.84 bits per heavy atom. The van der Waals surface area contributed by atoms with Crippen LogP contribution in [0.4, 0.5) is 10.6 Å². The first kappa shape index (κ1) is 17.3. The van der Waals surface area contributed by atoms with Gasteiger partial charge in [0.05, 0.1) is 6.33 Å². The fourth-order valence-electron chi connectivity index (χ4n) is 2.60. The number of hydrogen-bond donors (Lipinski definition) is 4. The number of hydroxylamine groups is 2. The summed E-state index contributed by atoms with van der Waals surface area (Å²) in [4.78, 5) is 28.0. The Hall–Kier alpha value is -2.54. The first-order chi connectivity index (χ1) is 11.9. The highest BCUT2D eigenvalue weighted by Crippen LogP contribution is 2.32. The van der Waals surface area contributed by atoms with Gasteiger partial charge >= 0.3 is 6.09 Å². The van der Waals surface area contributed by atoms with E-state index in [1.165, 1.54) is 17.2 Å². The number of carboxylic acid groups (broad SMARTS) is 1. The van der Waals surface area contributed by atoms with Crippen LogP contribution in [0.2, 0.25) is 0 Å². The maximum Gasteiger partial charge on any atom is 0.431 e. The number of aromatic nitrogens is 4. The van der Waals surface area contributed by atoms with Crippen LogP contribution in [0.5, 0.6) is 0 Å². The second kappa shape index (κ2) is 6.76. The molecule has 0 unspecified atom stereocenters. The number of nitrogens with zero attached hydrogens (tertiary/aromatic N) is 5. The maximum atomic E-state index is 10.9. The van der Waals surface area contributed by atoms with Crippen molar-refractivity contribution in [2.45, 2.75) is 31.5 Å². The van der Waals surface area contributed by atoms with Crippen molar-refractivity contribution in [3.63, 3.8) is 0 Å². The highest BCUT2D eigenvalue weighted by molar-refractivity contribution is 5.81. The Bertz CT molecular complexity index is 769. The van der Waals surface area contributed by atoms with Crippen LogP contribution in [0.15, 0.2) is 12.7 Å². The van der Waals surface area contributed by atoms with Crippen LogP contribution in [0, 0.1) is 0 Å². The molecule has 1 aliphatic rings. The van der Waals surface area contributed by atoms with Crippen LogP contribution >= 0.6 is 0 Å². The minimum atomic E-state index is -1.29. The molecule has 0 aliphatic carbocycles. The Labute approximate surface area is 141 Å². The van der Waals surface area contributed by atoms with Crippen molar-refractivity contribution in [1.82, 2.24) is 24.6 Å². The van der Waals surface area contributed by atoms with Crippen molar-refractivity contribution in [2.75, 3.05) is 18.9 Å². The van der Waals surface area contributed by atoms with Crippen molar-refractivity contribution in [1.29, 1.82) is 0 Å². The zero-order chi connectivity index (χ0) is 18.1. The summed E-state index contributed by atoms with van der Waals surface area (Å²) in [5, 5.41) is 30.1. The van der Waals surface area contributed by atoms with E-state index in [4.69, 9.17) is 20.4 Å². The SMILES string of the molecule is CCN(OC[C@H]1O[C@@H](n2cnc3c(N)ncnc32)[C@H](O)[C@@H]1O)C(=O)O. The molecule has 12 heteroatoms. The number of nitrogen functional groups attached to an aromatic ring is 1. The highest BCUT2D eigenvalue weighted by Gasteiger charge is 2.44. The van der Waals surface area contributed by atoms with Gasteiger partial charge in [-0.05, 0) is 6.92 Å². The summed E-state index contributed by atoms with van der Waals surface area (Å²) >= 11 is 0. The van der Waals surface area contributed by atoms with Crippen LogP contribution in [0.25, 0.3) is 11.2 Å². The summed E-state index contributed by atoms with van der Waals surface area (Å²) in [6.45, 7) is 1.45. The molecule has 12 nitrogen and oxygen atoms in total. The zero-order valence-electron chi connectivity index (χ0n) is 13.3. The summed E-state index contributed by atoms with van der Waals surface area (Å²) in [5.41, 5.74) is 6.40. The number of hydrogen-bond acceptors (Lipinski definition) is 9. The summed E-state index contributed by atoms with van der Waals surface area (Å²) in [5.74, 6) is 0.178. The second-order valence-electron chi connectivity index (χ2n) is 5.40. The number of carbonyl (C=O) groups is 1. The monoisotopic (exact) mass is 354 g/mol. The van der Waals surface area contributed by atoms with Crippen molar-refractivity contribution in [3.05, 3.63) is 12.7 Å². The first-order valence-corrected chi connectivity index (χ1v) is 7.52. The fourth-order valence-corrected chi connectivity index (χ4v) is 2.60. The summed E-state index contributed by atoms with van der Waals surface area (Å²) in [6.07, 6.45) is -3.14. The average molecular weight is 354 g/mol. The second-order valence-corrected chi connectivity index (χ2v) is 5.40. The molecule has 0 bridgehead atoms. The maximum absolute atomic E-state index is 10.9. The first-order valence-electron chi connectivity index (χ1n) is 7.52. The van der Waals surface area contributed by atoms with Gasteiger partial charge in [-0.25, -0.2) is 19.7 Å². The molecule has 1 fully saturated rings. The molecule has 2 aromatic heterocycles. The molecule has 3 heterocycles. The van der Waals surface area contributed by atoms with Crippen molar-refractivity contribution >= 4 is 23.1 Å². The number of imidazole rings is 1. The van der Waals surface area contributed by atoms with E-state index in [1.807, 2.05) is 0 Å². The Morgan fingerprint density at radius 1 is 1.40 bits per heavy atom. The highest BCUT2D eigenvalue weighted by atomic mass is 16.7. The third-order valence-corrected chi connectivity index (χ3v) is 3.89. The lowest BCUT2D eigenvalue weighted by atomic mass is 10.1. The normalized spacial score (nSPS) is 26.2. The number of anilines is 1. The van der Waals surface area contributed by atoms with E-state index < -0.39 is 30.6 Å². The number of rotatable bonds is 5. The number of fused-ring (bicyclic) bond motifs is 1. The standard InChI is InChI=1S/C13H18N6O6/c1-2-19(13(22)23)24-3-6-8(20)9(21)12(25-6)18-5-17-7-10(14)15-4-16-11(7)18/h4-6,8-9,12,20-21H,2-3H2,1H3,(H,22,23)(H2,14,15,16)/t6-,8-,9-,12-/m1/s1. The van der Waals surface area contributed by atoms with Gasteiger partial charge in [0, 0.05) is 6.54 Å². The Kier molecular flexibility index (Phi) is 4.67. The van der Waals surface area contributed by atoms with E-state index >= 15 is 0 Å². The third-order valence-electron chi connectivity index (χ3n) is 3.89. The van der Waals surface area contributed by atoms with E-state index in [1.54, 1.807) is 6.92 Å². The Morgan fingerprint density at radius 2 is 2.16 bits per heavy atom. The molecule has 3 rings (SSSR count). The number of nitrogens with two attached hydrogens (primary N) is 1. The summed E-state index contributed by atoms with van der Waals surface area (Å²) in [6, 6.07) is 0. The predicted octanol–water partition coefficient (Wildman–Crippen LogP) is -1.04. The largest absolute Gasteiger partial charge is 0.463 e. The minimum absolute atomic E-state index is 0.104. The minimum Gasteiger partial charge on any atom is -0.463 e. The molecule has 1 amide bonds. The van der Waals surface area contributed by atoms with Gasteiger partial charge in [0.25, 0.3) is 0 Å². The number of aliphatic hydroxyl groups is 2. The van der Waals surface area contributed by atoms with Gasteiger partial charge in [0.1, 0.15) is 36.8 Å². The number of amides is 1. The lowest BCUT2D eigenvalue weighted by Gasteiger charge is -2.20. The van der Waals surface area contributed by atoms with E-state index in [-0.39, 0.29) is 19.0 Å². The fraction of sp³-hybridized carbons (Fsp3) is 0.538. The molecule has 4 atom stereocenters. The predicted molar refractivity (Wildman–Crippen MR) is 82.0 cm³/mol. The van der Waals surface area contributed by atoms with Gasteiger partial charge < -0.3 is 25.8 Å². The molecule has 5 N–H and O–H groups in total. The van der Waals surface area contributed by atoms with Crippen LogP contribution in [-0.2, 0) is 9.57 Å². The van der Waals surface area contributed by atoms with E-state index in [2.05, 4.69) is 15.0 Å². The van der Waals surface area contributed by atoms with Gasteiger partial charge in [0.15, 0.2) is 17.7 Å². The molecular formula is C13H18N6O6. The number of aliphatic hydroxyl groups excluding tert-OH is 2. The van der Waals surface area contributed by atoms with Gasteiger partial charge in [-0.2, -0.15) is 5.06 Å². The van der Waals surface area contributed by atoms with Crippen molar-refractivity contribution in [2.24, 2.45) is 0 Å². The third kappa shape index (κ3) is 3.07.